The largest absolute Gasteiger partial charge is 0.375 e. The Labute approximate surface area is 75.3 Å². The predicted octanol–water partition coefficient (Wildman–Crippen LogP) is 0.832. The zero-order valence-electron chi connectivity index (χ0n) is 7.51. The fourth-order valence-corrected chi connectivity index (χ4v) is 1.21. The molecule has 0 saturated heterocycles. The average molecular weight is 178 g/mol. The summed E-state index contributed by atoms with van der Waals surface area (Å²) in [5.41, 5.74) is 1.69. The molecular weight excluding hydrogens is 168 g/mol. The molecule has 0 aliphatic carbocycles. The van der Waals surface area contributed by atoms with Gasteiger partial charge in [0.25, 0.3) is 0 Å². The van der Waals surface area contributed by atoms with Crippen LogP contribution in [0.3, 0.4) is 0 Å². The number of aromatic nitrogens is 4. The summed E-state index contributed by atoms with van der Waals surface area (Å²) in [7, 11) is 1.66. The Morgan fingerprint density at radius 3 is 3.08 bits per heavy atom. The van der Waals surface area contributed by atoms with Gasteiger partial charge in [0.1, 0.15) is 0 Å². The Hall–Kier alpha value is -1.49. The molecule has 68 valence electrons. The highest BCUT2D eigenvalue weighted by molar-refractivity contribution is 5.36. The third-order valence-electron chi connectivity index (χ3n) is 2.02. The molecule has 0 bridgehead atoms. The van der Waals surface area contributed by atoms with Crippen molar-refractivity contribution in [3.8, 4) is 0 Å². The van der Waals surface area contributed by atoms with Gasteiger partial charge >= 0.3 is 0 Å². The Morgan fingerprint density at radius 1 is 1.46 bits per heavy atom. The first-order valence-corrected chi connectivity index (χ1v) is 4.02. The summed E-state index contributed by atoms with van der Waals surface area (Å²) in [4.78, 5) is 0. The van der Waals surface area contributed by atoms with Crippen LogP contribution in [0.2, 0.25) is 0 Å². The van der Waals surface area contributed by atoms with Gasteiger partial charge in [0.15, 0.2) is 5.65 Å². The SMILES string of the molecule is CO[C@H](C)c1cccc2nnnn12. The maximum atomic E-state index is 5.20. The molecule has 13 heavy (non-hydrogen) atoms. The van der Waals surface area contributed by atoms with E-state index in [2.05, 4.69) is 15.5 Å². The molecule has 2 aromatic heterocycles. The summed E-state index contributed by atoms with van der Waals surface area (Å²) in [5.74, 6) is 0. The Morgan fingerprint density at radius 2 is 2.31 bits per heavy atom. The van der Waals surface area contributed by atoms with Crippen LogP contribution >= 0.6 is 0 Å². The fraction of sp³-hybridized carbons (Fsp3) is 0.375. The minimum Gasteiger partial charge on any atom is -0.375 e. The third kappa shape index (κ3) is 1.27. The van der Waals surface area contributed by atoms with Crippen LogP contribution in [0.15, 0.2) is 18.2 Å². The van der Waals surface area contributed by atoms with Crippen molar-refractivity contribution in [2.45, 2.75) is 13.0 Å². The highest BCUT2D eigenvalue weighted by atomic mass is 16.5. The number of rotatable bonds is 2. The summed E-state index contributed by atoms with van der Waals surface area (Å²) in [6, 6.07) is 5.71. The van der Waals surface area contributed by atoms with E-state index < -0.39 is 0 Å². The average Bonchev–Trinajstić information content (AvgIpc) is 2.63. The summed E-state index contributed by atoms with van der Waals surface area (Å²) < 4.78 is 6.87. The van der Waals surface area contributed by atoms with Gasteiger partial charge in [-0.15, -0.1) is 5.10 Å². The predicted molar refractivity (Wildman–Crippen MR) is 46.2 cm³/mol. The van der Waals surface area contributed by atoms with Crippen molar-refractivity contribution in [2.75, 3.05) is 7.11 Å². The van der Waals surface area contributed by atoms with Crippen LogP contribution in [0.25, 0.3) is 5.65 Å². The molecule has 0 fully saturated rings. The van der Waals surface area contributed by atoms with E-state index in [-0.39, 0.29) is 6.10 Å². The lowest BCUT2D eigenvalue weighted by Gasteiger charge is -2.09. The van der Waals surface area contributed by atoms with Crippen LogP contribution in [0.1, 0.15) is 18.7 Å². The second-order valence-corrected chi connectivity index (χ2v) is 2.78. The molecule has 0 amide bonds. The third-order valence-corrected chi connectivity index (χ3v) is 2.02. The van der Waals surface area contributed by atoms with Crippen molar-refractivity contribution in [3.63, 3.8) is 0 Å². The number of pyridine rings is 1. The minimum absolute atomic E-state index is 0.00722. The van der Waals surface area contributed by atoms with Crippen molar-refractivity contribution in [1.29, 1.82) is 0 Å². The zero-order chi connectivity index (χ0) is 9.26. The van der Waals surface area contributed by atoms with Crippen LogP contribution in [-0.4, -0.2) is 27.2 Å². The fourth-order valence-electron chi connectivity index (χ4n) is 1.21. The van der Waals surface area contributed by atoms with Crippen LogP contribution in [0.4, 0.5) is 0 Å². The lowest BCUT2D eigenvalue weighted by atomic mass is 10.2. The second-order valence-electron chi connectivity index (χ2n) is 2.78. The van der Waals surface area contributed by atoms with Gasteiger partial charge in [-0.1, -0.05) is 6.07 Å². The van der Waals surface area contributed by atoms with Gasteiger partial charge in [-0.05, 0) is 29.5 Å². The van der Waals surface area contributed by atoms with E-state index in [9.17, 15) is 0 Å². The summed E-state index contributed by atoms with van der Waals surface area (Å²) >= 11 is 0. The number of tetrazole rings is 1. The van der Waals surface area contributed by atoms with Gasteiger partial charge in [-0.3, -0.25) is 0 Å². The summed E-state index contributed by atoms with van der Waals surface area (Å²) in [6.45, 7) is 1.95. The number of fused-ring (bicyclic) bond motifs is 1. The minimum atomic E-state index is -0.00722. The first kappa shape index (κ1) is 8.12. The van der Waals surface area contributed by atoms with E-state index in [0.29, 0.717) is 0 Å². The number of hydrogen-bond acceptors (Lipinski definition) is 4. The summed E-state index contributed by atoms with van der Waals surface area (Å²) in [6.07, 6.45) is -0.00722. The van der Waals surface area contributed by atoms with Crippen molar-refractivity contribution in [1.82, 2.24) is 20.0 Å². The molecule has 0 N–H and O–H groups in total. The number of hydrogen-bond donors (Lipinski definition) is 0. The van der Waals surface area contributed by atoms with Crippen LogP contribution in [-0.2, 0) is 4.74 Å². The molecule has 1 atom stereocenters. The molecule has 2 heterocycles. The molecule has 5 nitrogen and oxygen atoms in total. The van der Waals surface area contributed by atoms with Crippen molar-refractivity contribution >= 4 is 5.65 Å². The quantitative estimate of drug-likeness (QED) is 0.683. The topological polar surface area (TPSA) is 52.3 Å². The molecule has 0 aliphatic rings. The molecule has 5 heteroatoms. The number of methoxy groups -OCH3 is 1. The smallest absolute Gasteiger partial charge is 0.179 e. The van der Waals surface area contributed by atoms with Crippen molar-refractivity contribution in [2.24, 2.45) is 0 Å². The van der Waals surface area contributed by atoms with Crippen LogP contribution < -0.4 is 0 Å². The van der Waals surface area contributed by atoms with Gasteiger partial charge < -0.3 is 4.74 Å². The van der Waals surface area contributed by atoms with E-state index in [4.69, 9.17) is 4.74 Å². The van der Waals surface area contributed by atoms with Gasteiger partial charge in [0.2, 0.25) is 0 Å². The molecular formula is C8H10N4O. The first-order chi connectivity index (χ1) is 6.33. The number of nitrogens with zero attached hydrogens (tertiary/aromatic N) is 4. The number of ether oxygens (including phenoxy) is 1. The molecule has 0 aromatic carbocycles. The van der Waals surface area contributed by atoms with Gasteiger partial charge in [-0.2, -0.15) is 4.52 Å². The van der Waals surface area contributed by atoms with Gasteiger partial charge in [-0.25, -0.2) is 0 Å². The van der Waals surface area contributed by atoms with Gasteiger partial charge in [0, 0.05) is 7.11 Å². The summed E-state index contributed by atoms with van der Waals surface area (Å²) in [5, 5.41) is 11.3. The van der Waals surface area contributed by atoms with Crippen molar-refractivity contribution < 1.29 is 4.74 Å². The molecule has 0 aliphatic heterocycles. The Balaban J connectivity index is 2.60. The highest BCUT2D eigenvalue weighted by Gasteiger charge is 2.09. The van der Waals surface area contributed by atoms with E-state index in [1.165, 1.54) is 0 Å². The van der Waals surface area contributed by atoms with E-state index in [1.54, 1.807) is 11.6 Å². The van der Waals surface area contributed by atoms with E-state index in [1.807, 2.05) is 25.1 Å². The standard InChI is InChI=1S/C8H10N4O/c1-6(13-2)7-4-3-5-8-9-10-11-12(7)8/h3-6H,1-2H3/t6-/m1/s1. The molecule has 0 radical (unpaired) electrons. The van der Waals surface area contributed by atoms with Gasteiger partial charge in [0.05, 0.1) is 11.8 Å². The van der Waals surface area contributed by atoms with E-state index in [0.717, 1.165) is 11.3 Å². The first-order valence-electron chi connectivity index (χ1n) is 4.02. The maximum Gasteiger partial charge on any atom is 0.179 e. The maximum absolute atomic E-state index is 5.20. The lowest BCUT2D eigenvalue weighted by Crippen LogP contribution is -2.04. The molecule has 2 rings (SSSR count). The second kappa shape index (κ2) is 3.10. The lowest BCUT2D eigenvalue weighted by molar-refractivity contribution is 0.114. The molecule has 0 unspecified atom stereocenters. The highest BCUT2D eigenvalue weighted by Crippen LogP contribution is 2.14. The molecule has 2 aromatic rings. The van der Waals surface area contributed by atoms with Crippen LogP contribution in [0.5, 0.6) is 0 Å². The zero-order valence-corrected chi connectivity index (χ0v) is 7.51. The van der Waals surface area contributed by atoms with Crippen molar-refractivity contribution in [3.05, 3.63) is 23.9 Å². The molecule has 0 saturated carbocycles. The Bertz CT molecular complexity index is 411. The monoisotopic (exact) mass is 178 g/mol. The molecule has 0 spiro atoms. The van der Waals surface area contributed by atoms with E-state index >= 15 is 0 Å². The normalized spacial score (nSPS) is 13.4. The van der Waals surface area contributed by atoms with Crippen LogP contribution in [0, 0.1) is 0 Å². The Kier molecular flexibility index (Phi) is 1.94.